The van der Waals surface area contributed by atoms with Crippen LogP contribution in [0, 0.1) is 0 Å². The largest absolute Gasteiger partial charge is 0.385 e. The lowest BCUT2D eigenvalue weighted by Gasteiger charge is -2.07. The average molecular weight is 284 g/mol. The van der Waals surface area contributed by atoms with E-state index in [0.717, 1.165) is 38.0 Å². The van der Waals surface area contributed by atoms with Crippen molar-refractivity contribution >= 4 is 15.5 Å². The molecule has 1 rings (SSSR count). The predicted octanol–water partition coefficient (Wildman–Crippen LogP) is 2.41. The van der Waals surface area contributed by atoms with Gasteiger partial charge in [0.25, 0.3) is 0 Å². The van der Waals surface area contributed by atoms with Crippen LogP contribution in [0.5, 0.6) is 0 Å². The van der Waals surface area contributed by atoms with Crippen molar-refractivity contribution in [3.05, 3.63) is 24.3 Å². The lowest BCUT2D eigenvalue weighted by Crippen LogP contribution is -2.07. The fourth-order valence-corrected chi connectivity index (χ4v) is 3.17. The fourth-order valence-electron chi connectivity index (χ4n) is 1.85. The minimum atomic E-state index is -3.10. The summed E-state index contributed by atoms with van der Waals surface area (Å²) in [6.45, 7) is 3.50. The zero-order chi connectivity index (χ0) is 14.1. The standard InChI is InChI=1S/C14H24N2O2S/c1-2-12-19(17,18)14-8-6-13(7-9-14)16-11-5-3-4-10-15/h6-9,16H,2-5,10-12,15H2,1H3. The van der Waals surface area contributed by atoms with E-state index in [2.05, 4.69) is 5.32 Å². The van der Waals surface area contributed by atoms with Crippen LogP contribution in [-0.2, 0) is 9.84 Å². The summed E-state index contributed by atoms with van der Waals surface area (Å²) in [5, 5.41) is 3.28. The summed E-state index contributed by atoms with van der Waals surface area (Å²) >= 11 is 0. The maximum atomic E-state index is 11.8. The Hall–Kier alpha value is -1.07. The normalized spacial score (nSPS) is 11.5. The van der Waals surface area contributed by atoms with E-state index in [1.165, 1.54) is 0 Å². The van der Waals surface area contributed by atoms with Gasteiger partial charge in [0, 0.05) is 12.2 Å². The molecule has 0 heterocycles. The van der Waals surface area contributed by atoms with E-state index < -0.39 is 9.84 Å². The SMILES string of the molecule is CCCS(=O)(=O)c1ccc(NCCCCCN)cc1. The van der Waals surface area contributed by atoms with Gasteiger partial charge >= 0.3 is 0 Å². The molecule has 0 aliphatic carbocycles. The molecule has 0 bridgehead atoms. The third-order valence-electron chi connectivity index (χ3n) is 2.90. The molecular formula is C14H24N2O2S. The molecular weight excluding hydrogens is 260 g/mol. The second-order valence-corrected chi connectivity index (χ2v) is 6.73. The van der Waals surface area contributed by atoms with Crippen LogP contribution in [0.1, 0.15) is 32.6 Å². The van der Waals surface area contributed by atoms with Crippen molar-refractivity contribution in [3.8, 4) is 0 Å². The Bertz CT molecular complexity index is 455. The van der Waals surface area contributed by atoms with Crippen LogP contribution in [-0.4, -0.2) is 27.3 Å². The van der Waals surface area contributed by atoms with Crippen LogP contribution < -0.4 is 11.1 Å². The number of nitrogens with two attached hydrogens (primary N) is 1. The summed E-state index contributed by atoms with van der Waals surface area (Å²) in [6, 6.07) is 7.00. The lowest BCUT2D eigenvalue weighted by molar-refractivity contribution is 0.595. The fraction of sp³-hybridized carbons (Fsp3) is 0.571. The van der Waals surface area contributed by atoms with Crippen molar-refractivity contribution in [2.45, 2.75) is 37.5 Å². The summed E-state index contributed by atoms with van der Waals surface area (Å²) in [4.78, 5) is 0.406. The van der Waals surface area contributed by atoms with Crippen LogP contribution in [0.25, 0.3) is 0 Å². The van der Waals surface area contributed by atoms with Gasteiger partial charge in [-0.25, -0.2) is 8.42 Å². The van der Waals surface area contributed by atoms with Crippen LogP contribution >= 0.6 is 0 Å². The topological polar surface area (TPSA) is 72.2 Å². The van der Waals surface area contributed by atoms with Gasteiger partial charge < -0.3 is 11.1 Å². The number of unbranched alkanes of at least 4 members (excludes halogenated alkanes) is 2. The Kier molecular flexibility index (Phi) is 6.87. The highest BCUT2D eigenvalue weighted by molar-refractivity contribution is 7.91. The lowest BCUT2D eigenvalue weighted by atomic mass is 10.2. The molecule has 0 radical (unpaired) electrons. The third kappa shape index (κ3) is 5.61. The molecule has 0 spiro atoms. The van der Waals surface area contributed by atoms with Crippen molar-refractivity contribution in [2.75, 3.05) is 24.2 Å². The van der Waals surface area contributed by atoms with Gasteiger partial charge in [-0.15, -0.1) is 0 Å². The molecule has 108 valence electrons. The minimum absolute atomic E-state index is 0.207. The number of rotatable bonds is 9. The van der Waals surface area contributed by atoms with Gasteiger partial charge in [0.1, 0.15) is 0 Å². The van der Waals surface area contributed by atoms with Gasteiger partial charge in [-0.1, -0.05) is 13.3 Å². The average Bonchev–Trinajstić information content (AvgIpc) is 2.39. The molecule has 1 aromatic carbocycles. The summed E-state index contributed by atoms with van der Waals surface area (Å²) in [6.07, 6.45) is 3.89. The highest BCUT2D eigenvalue weighted by Crippen LogP contribution is 2.16. The monoisotopic (exact) mass is 284 g/mol. The first-order valence-electron chi connectivity index (χ1n) is 6.87. The van der Waals surface area contributed by atoms with E-state index in [1.54, 1.807) is 12.1 Å². The number of sulfone groups is 1. The van der Waals surface area contributed by atoms with Crippen molar-refractivity contribution in [3.63, 3.8) is 0 Å². The number of anilines is 1. The number of benzene rings is 1. The third-order valence-corrected chi connectivity index (χ3v) is 4.83. The first-order chi connectivity index (χ1) is 9.10. The maximum Gasteiger partial charge on any atom is 0.178 e. The van der Waals surface area contributed by atoms with E-state index in [4.69, 9.17) is 5.73 Å². The molecule has 0 aromatic heterocycles. The highest BCUT2D eigenvalue weighted by Gasteiger charge is 2.12. The molecule has 3 N–H and O–H groups in total. The molecule has 0 saturated carbocycles. The first-order valence-corrected chi connectivity index (χ1v) is 8.52. The van der Waals surface area contributed by atoms with Crippen molar-refractivity contribution in [1.82, 2.24) is 0 Å². The maximum absolute atomic E-state index is 11.8. The smallest absolute Gasteiger partial charge is 0.178 e. The van der Waals surface area contributed by atoms with Crippen LogP contribution in [0.4, 0.5) is 5.69 Å². The van der Waals surface area contributed by atoms with Gasteiger partial charge in [0.05, 0.1) is 10.6 Å². The second-order valence-electron chi connectivity index (χ2n) is 4.62. The zero-order valence-electron chi connectivity index (χ0n) is 11.6. The highest BCUT2D eigenvalue weighted by atomic mass is 32.2. The minimum Gasteiger partial charge on any atom is -0.385 e. The van der Waals surface area contributed by atoms with E-state index in [1.807, 2.05) is 19.1 Å². The molecule has 0 saturated heterocycles. The molecule has 1 aromatic rings. The molecule has 0 unspecified atom stereocenters. The Labute approximate surface area is 116 Å². The summed E-state index contributed by atoms with van der Waals surface area (Å²) in [5.41, 5.74) is 6.39. The first kappa shape index (κ1) is 16.0. The van der Waals surface area contributed by atoms with E-state index in [0.29, 0.717) is 11.3 Å². The summed E-state index contributed by atoms with van der Waals surface area (Å²) in [7, 11) is -3.10. The summed E-state index contributed by atoms with van der Waals surface area (Å²) < 4.78 is 23.7. The molecule has 19 heavy (non-hydrogen) atoms. The molecule has 0 aliphatic rings. The van der Waals surface area contributed by atoms with Gasteiger partial charge in [-0.2, -0.15) is 0 Å². The summed E-state index contributed by atoms with van der Waals surface area (Å²) in [5.74, 6) is 0.207. The molecule has 0 aliphatic heterocycles. The Balaban J connectivity index is 2.48. The Morgan fingerprint density at radius 2 is 1.79 bits per heavy atom. The van der Waals surface area contributed by atoms with E-state index in [9.17, 15) is 8.42 Å². The van der Waals surface area contributed by atoms with Gasteiger partial charge in [-0.05, 0) is 50.1 Å². The van der Waals surface area contributed by atoms with E-state index >= 15 is 0 Å². The second kappa shape index (κ2) is 8.17. The molecule has 0 fully saturated rings. The van der Waals surface area contributed by atoms with Gasteiger partial charge in [-0.3, -0.25) is 0 Å². The zero-order valence-corrected chi connectivity index (χ0v) is 12.4. The molecule has 0 atom stereocenters. The quantitative estimate of drug-likeness (QED) is 0.683. The van der Waals surface area contributed by atoms with Gasteiger partial charge in [0.15, 0.2) is 9.84 Å². The van der Waals surface area contributed by atoms with Crippen molar-refractivity contribution in [1.29, 1.82) is 0 Å². The van der Waals surface area contributed by atoms with Crippen LogP contribution in [0.3, 0.4) is 0 Å². The molecule has 0 amide bonds. The van der Waals surface area contributed by atoms with E-state index in [-0.39, 0.29) is 5.75 Å². The van der Waals surface area contributed by atoms with Gasteiger partial charge in [0.2, 0.25) is 0 Å². The van der Waals surface area contributed by atoms with Crippen molar-refractivity contribution in [2.24, 2.45) is 5.73 Å². The Morgan fingerprint density at radius 3 is 2.37 bits per heavy atom. The number of hydrogen-bond acceptors (Lipinski definition) is 4. The Morgan fingerprint density at radius 1 is 1.11 bits per heavy atom. The number of hydrogen-bond donors (Lipinski definition) is 2. The number of nitrogens with one attached hydrogen (secondary N) is 1. The molecule has 5 heteroatoms. The predicted molar refractivity (Wildman–Crippen MR) is 80.2 cm³/mol. The molecule has 4 nitrogen and oxygen atoms in total. The van der Waals surface area contributed by atoms with Crippen molar-refractivity contribution < 1.29 is 8.42 Å². The van der Waals surface area contributed by atoms with Crippen LogP contribution in [0.2, 0.25) is 0 Å². The van der Waals surface area contributed by atoms with Crippen LogP contribution in [0.15, 0.2) is 29.2 Å².